The van der Waals surface area contributed by atoms with E-state index in [1.165, 1.54) is 27.2 Å². The second-order valence-electron chi connectivity index (χ2n) is 7.83. The van der Waals surface area contributed by atoms with Gasteiger partial charge in [-0.25, -0.2) is 17.5 Å². The number of carbonyl (C=O) groups excluding carboxylic acids is 1. The molecule has 0 unspecified atom stereocenters. The fourth-order valence-electron chi connectivity index (χ4n) is 3.74. The van der Waals surface area contributed by atoms with E-state index in [-0.39, 0.29) is 22.2 Å². The summed E-state index contributed by atoms with van der Waals surface area (Å²) in [7, 11) is -3.56. The van der Waals surface area contributed by atoms with Crippen LogP contribution in [0.5, 0.6) is 0 Å². The summed E-state index contributed by atoms with van der Waals surface area (Å²) in [6, 6.07) is 10.7. The van der Waals surface area contributed by atoms with Gasteiger partial charge in [-0.2, -0.15) is 4.31 Å². The van der Waals surface area contributed by atoms with Gasteiger partial charge in [-0.3, -0.25) is 4.79 Å². The second kappa shape index (κ2) is 9.58. The summed E-state index contributed by atoms with van der Waals surface area (Å²) in [6.45, 7) is 2.84. The molecule has 11 heteroatoms. The first-order valence-electron chi connectivity index (χ1n) is 10.5. The monoisotopic (exact) mass is 491 g/mol. The van der Waals surface area contributed by atoms with Crippen molar-refractivity contribution >= 4 is 27.5 Å². The number of aromatic nitrogens is 3. The van der Waals surface area contributed by atoms with E-state index in [0.717, 1.165) is 19.3 Å². The minimum Gasteiger partial charge on any atom is -0.347 e. The normalized spacial score (nSPS) is 14.9. The Morgan fingerprint density at radius 3 is 2.64 bits per heavy atom. The molecule has 1 aliphatic heterocycles. The van der Waals surface area contributed by atoms with E-state index in [4.69, 9.17) is 11.6 Å². The summed E-state index contributed by atoms with van der Waals surface area (Å²) < 4.78 is 42.2. The van der Waals surface area contributed by atoms with Gasteiger partial charge in [0.1, 0.15) is 5.82 Å². The molecule has 3 aromatic rings. The van der Waals surface area contributed by atoms with Gasteiger partial charge >= 0.3 is 0 Å². The Morgan fingerprint density at radius 2 is 1.91 bits per heavy atom. The number of piperidine rings is 1. The zero-order chi connectivity index (χ0) is 23.6. The number of carbonyl (C=O) groups is 1. The molecule has 174 valence electrons. The van der Waals surface area contributed by atoms with Gasteiger partial charge < -0.3 is 5.32 Å². The van der Waals surface area contributed by atoms with Crippen LogP contribution >= 0.6 is 11.6 Å². The first kappa shape index (κ1) is 23.3. The number of amides is 1. The fraction of sp³-hybridized carbons (Fsp3) is 0.318. The van der Waals surface area contributed by atoms with Crippen LogP contribution in [-0.2, 0) is 16.6 Å². The fourth-order valence-corrected chi connectivity index (χ4v) is 5.50. The SMILES string of the molecule is Cc1c(C(=O)NCc2cccc(S(=O)(=O)N3CCCCC3)c2)nnn1-c1ccc(F)c(Cl)c1. The van der Waals surface area contributed by atoms with Crippen molar-refractivity contribution in [3.8, 4) is 5.69 Å². The van der Waals surface area contributed by atoms with Crippen LogP contribution in [0.15, 0.2) is 47.4 Å². The third-order valence-electron chi connectivity index (χ3n) is 5.56. The molecule has 1 fully saturated rings. The molecular weight excluding hydrogens is 469 g/mol. The van der Waals surface area contributed by atoms with E-state index in [1.807, 2.05) is 0 Å². The molecule has 0 atom stereocenters. The maximum absolute atomic E-state index is 13.4. The third kappa shape index (κ3) is 4.92. The summed E-state index contributed by atoms with van der Waals surface area (Å²) in [5.74, 6) is -1.02. The lowest BCUT2D eigenvalue weighted by Crippen LogP contribution is -2.35. The predicted molar refractivity (Wildman–Crippen MR) is 121 cm³/mol. The van der Waals surface area contributed by atoms with Crippen LogP contribution in [-0.4, -0.2) is 46.7 Å². The van der Waals surface area contributed by atoms with E-state index >= 15 is 0 Å². The molecule has 0 spiro atoms. The minimum absolute atomic E-state index is 0.0622. The summed E-state index contributed by atoms with van der Waals surface area (Å²) in [6.07, 6.45) is 2.76. The first-order chi connectivity index (χ1) is 15.8. The molecule has 4 rings (SSSR count). The van der Waals surface area contributed by atoms with Crippen molar-refractivity contribution in [1.82, 2.24) is 24.6 Å². The van der Waals surface area contributed by atoms with E-state index in [0.29, 0.717) is 30.0 Å². The number of nitrogens with one attached hydrogen (secondary N) is 1. The molecular formula is C22H23ClFN5O3S. The van der Waals surface area contributed by atoms with Crippen molar-refractivity contribution < 1.29 is 17.6 Å². The van der Waals surface area contributed by atoms with Crippen LogP contribution in [0, 0.1) is 12.7 Å². The summed E-state index contributed by atoms with van der Waals surface area (Å²) in [5.41, 5.74) is 1.68. The quantitative estimate of drug-likeness (QED) is 0.569. The van der Waals surface area contributed by atoms with Gasteiger partial charge in [0, 0.05) is 19.6 Å². The van der Waals surface area contributed by atoms with E-state index in [9.17, 15) is 17.6 Å². The van der Waals surface area contributed by atoms with Gasteiger partial charge in [-0.05, 0) is 55.7 Å². The summed E-state index contributed by atoms with van der Waals surface area (Å²) >= 11 is 5.84. The topological polar surface area (TPSA) is 97.2 Å². The Balaban J connectivity index is 1.47. The molecule has 0 saturated carbocycles. The Bertz CT molecular complexity index is 1290. The molecule has 8 nitrogen and oxygen atoms in total. The molecule has 2 aromatic carbocycles. The van der Waals surface area contributed by atoms with E-state index in [2.05, 4.69) is 15.6 Å². The van der Waals surface area contributed by atoms with Crippen molar-refractivity contribution in [2.24, 2.45) is 0 Å². The number of rotatable bonds is 6. The molecule has 0 radical (unpaired) electrons. The maximum atomic E-state index is 13.4. The lowest BCUT2D eigenvalue weighted by Gasteiger charge is -2.26. The highest BCUT2D eigenvalue weighted by molar-refractivity contribution is 7.89. The number of sulfonamides is 1. The smallest absolute Gasteiger partial charge is 0.274 e. The molecule has 0 bridgehead atoms. The largest absolute Gasteiger partial charge is 0.347 e. The van der Waals surface area contributed by atoms with Crippen molar-refractivity contribution in [1.29, 1.82) is 0 Å². The highest BCUT2D eigenvalue weighted by atomic mass is 35.5. The van der Waals surface area contributed by atoms with Crippen molar-refractivity contribution in [2.45, 2.75) is 37.6 Å². The van der Waals surface area contributed by atoms with E-state index in [1.54, 1.807) is 31.2 Å². The van der Waals surface area contributed by atoms with E-state index < -0.39 is 21.7 Å². The van der Waals surface area contributed by atoms with Gasteiger partial charge in [-0.1, -0.05) is 35.4 Å². The standard InChI is InChI=1S/C22H23ClFN5O3S/c1-15-21(26-27-29(15)17-8-9-20(24)19(23)13-17)22(30)25-14-16-6-5-7-18(12-16)33(31,32)28-10-3-2-4-11-28/h5-9,12-13H,2-4,10-11,14H2,1H3,(H,25,30). The molecule has 1 saturated heterocycles. The maximum Gasteiger partial charge on any atom is 0.274 e. The molecule has 1 N–H and O–H groups in total. The molecule has 1 amide bonds. The van der Waals surface area contributed by atoms with Crippen molar-refractivity contribution in [3.63, 3.8) is 0 Å². The van der Waals surface area contributed by atoms with Crippen LogP contribution in [0.2, 0.25) is 5.02 Å². The molecule has 1 aromatic heterocycles. The number of nitrogens with zero attached hydrogens (tertiary/aromatic N) is 4. The van der Waals surface area contributed by atoms with Gasteiger partial charge in [0.2, 0.25) is 10.0 Å². The highest BCUT2D eigenvalue weighted by Crippen LogP contribution is 2.22. The lowest BCUT2D eigenvalue weighted by atomic mass is 10.2. The molecule has 2 heterocycles. The molecule has 33 heavy (non-hydrogen) atoms. The first-order valence-corrected chi connectivity index (χ1v) is 12.3. The zero-order valence-electron chi connectivity index (χ0n) is 18.0. The van der Waals surface area contributed by atoms with Crippen molar-refractivity contribution in [3.05, 3.63) is 70.3 Å². The third-order valence-corrected chi connectivity index (χ3v) is 7.75. The predicted octanol–water partition coefficient (Wildman–Crippen LogP) is 3.47. The lowest BCUT2D eigenvalue weighted by molar-refractivity contribution is 0.0945. The van der Waals surface area contributed by atoms with Crippen molar-refractivity contribution in [2.75, 3.05) is 13.1 Å². The van der Waals surface area contributed by atoms with Gasteiger partial charge in [0.25, 0.3) is 5.91 Å². The number of benzene rings is 2. The number of hydrogen-bond acceptors (Lipinski definition) is 5. The minimum atomic E-state index is -3.56. The summed E-state index contributed by atoms with van der Waals surface area (Å²) in [5, 5.41) is 10.6. The average molecular weight is 492 g/mol. The molecule has 1 aliphatic rings. The Kier molecular flexibility index (Phi) is 6.78. The van der Waals surface area contributed by atoms with Crippen LogP contribution in [0.3, 0.4) is 0 Å². The number of hydrogen-bond donors (Lipinski definition) is 1. The Morgan fingerprint density at radius 1 is 1.15 bits per heavy atom. The highest BCUT2D eigenvalue weighted by Gasteiger charge is 2.26. The molecule has 0 aliphatic carbocycles. The van der Waals surface area contributed by atoms with Gasteiger partial charge in [-0.15, -0.1) is 5.10 Å². The van der Waals surface area contributed by atoms with Crippen LogP contribution in [0.25, 0.3) is 5.69 Å². The average Bonchev–Trinajstić information content (AvgIpc) is 3.21. The zero-order valence-corrected chi connectivity index (χ0v) is 19.5. The van der Waals surface area contributed by atoms with Gasteiger partial charge in [0.05, 0.1) is 21.3 Å². The second-order valence-corrected chi connectivity index (χ2v) is 10.2. The Labute approximate surface area is 196 Å². The van der Waals surface area contributed by atoms with Gasteiger partial charge in [0.15, 0.2) is 5.69 Å². The number of halogens is 2. The van der Waals surface area contributed by atoms with Crippen LogP contribution < -0.4 is 5.32 Å². The van der Waals surface area contributed by atoms with Crippen LogP contribution in [0.4, 0.5) is 4.39 Å². The summed E-state index contributed by atoms with van der Waals surface area (Å²) in [4.78, 5) is 12.9. The Hall–Kier alpha value is -2.82. The van der Waals surface area contributed by atoms with Crippen LogP contribution in [0.1, 0.15) is 41.0 Å².